The largest absolute Gasteiger partial charge is 0.361 e. The van der Waals surface area contributed by atoms with Crippen LogP contribution in [0.3, 0.4) is 0 Å². The summed E-state index contributed by atoms with van der Waals surface area (Å²) in [6.07, 6.45) is 6.69. The van der Waals surface area contributed by atoms with Gasteiger partial charge in [-0.15, -0.1) is 0 Å². The molecule has 16 heavy (non-hydrogen) atoms. The van der Waals surface area contributed by atoms with Crippen LogP contribution in [0.25, 0.3) is 0 Å². The molecule has 90 valence electrons. The third-order valence-corrected chi connectivity index (χ3v) is 3.37. The summed E-state index contributed by atoms with van der Waals surface area (Å²) in [4.78, 5) is 3.51. The summed E-state index contributed by atoms with van der Waals surface area (Å²) in [5.74, 6) is 0.731. The van der Waals surface area contributed by atoms with E-state index in [2.05, 4.69) is 36.3 Å². The lowest BCUT2D eigenvalue weighted by Gasteiger charge is -2.10. The summed E-state index contributed by atoms with van der Waals surface area (Å²) in [5.41, 5.74) is 2.71. The maximum absolute atomic E-state index is 3.63. The average molecular weight is 220 g/mol. The molecular weight excluding hydrogens is 196 g/mol. The zero-order valence-corrected chi connectivity index (χ0v) is 10.6. The summed E-state index contributed by atoms with van der Waals surface area (Å²) in [6.45, 7) is 5.53. The molecule has 1 saturated carbocycles. The molecule has 0 atom stereocenters. The normalized spacial score (nSPS) is 17.4. The molecule has 1 aliphatic rings. The minimum atomic E-state index is 0.731. The number of hydrogen-bond acceptors (Lipinski definition) is 1. The molecule has 0 aliphatic heterocycles. The molecule has 2 N–H and O–H groups in total. The van der Waals surface area contributed by atoms with Crippen LogP contribution in [0.4, 0.5) is 0 Å². The predicted octanol–water partition coefficient (Wildman–Crippen LogP) is 3.25. The van der Waals surface area contributed by atoms with Gasteiger partial charge in [-0.05, 0) is 37.3 Å². The van der Waals surface area contributed by atoms with Gasteiger partial charge in [0.25, 0.3) is 0 Å². The van der Waals surface area contributed by atoms with Gasteiger partial charge in [0, 0.05) is 24.0 Å². The van der Waals surface area contributed by atoms with Crippen LogP contribution in [0, 0.1) is 5.92 Å². The smallest absolute Gasteiger partial charge is 0.0359 e. The van der Waals surface area contributed by atoms with Gasteiger partial charge < -0.3 is 10.3 Å². The van der Waals surface area contributed by atoms with Gasteiger partial charge >= 0.3 is 0 Å². The Morgan fingerprint density at radius 3 is 2.62 bits per heavy atom. The lowest BCUT2D eigenvalue weighted by molar-refractivity contribution is 0.519. The molecule has 0 aromatic carbocycles. The zero-order chi connectivity index (χ0) is 11.4. The number of aromatic amines is 1. The van der Waals surface area contributed by atoms with Crippen molar-refractivity contribution in [1.29, 1.82) is 0 Å². The number of hydrogen-bond donors (Lipinski definition) is 2. The molecule has 2 rings (SSSR count). The minimum Gasteiger partial charge on any atom is -0.361 e. The highest BCUT2D eigenvalue weighted by Gasteiger charge is 2.13. The Morgan fingerprint density at radius 1 is 1.25 bits per heavy atom. The standard InChI is InChI=1S/C14H24N2/c1-11(2)9-13-7-8-14(16-13)10-15-12-5-3-4-6-12/h7-8,11-12,15-16H,3-6,9-10H2,1-2H3. The molecule has 1 heterocycles. The molecule has 2 heteroatoms. The molecule has 1 aromatic heterocycles. The molecule has 0 bridgehead atoms. The SMILES string of the molecule is CC(C)Cc1ccc(CNC2CCCC2)[nH]1. The molecule has 0 amide bonds. The second-order valence-corrected chi connectivity index (χ2v) is 5.47. The van der Waals surface area contributed by atoms with Gasteiger partial charge in [0.1, 0.15) is 0 Å². The van der Waals surface area contributed by atoms with E-state index < -0.39 is 0 Å². The second kappa shape index (κ2) is 5.53. The predicted molar refractivity (Wildman–Crippen MR) is 68.4 cm³/mol. The number of nitrogens with one attached hydrogen (secondary N) is 2. The van der Waals surface area contributed by atoms with Crippen LogP contribution in [-0.4, -0.2) is 11.0 Å². The molecule has 0 unspecified atom stereocenters. The summed E-state index contributed by atoms with van der Waals surface area (Å²) in [6, 6.07) is 5.21. The van der Waals surface area contributed by atoms with Gasteiger partial charge in [-0.1, -0.05) is 26.7 Å². The van der Waals surface area contributed by atoms with E-state index in [1.807, 2.05) is 0 Å². The van der Waals surface area contributed by atoms with Gasteiger partial charge in [-0.25, -0.2) is 0 Å². The van der Waals surface area contributed by atoms with E-state index in [4.69, 9.17) is 0 Å². The summed E-state index contributed by atoms with van der Waals surface area (Å²) in [7, 11) is 0. The molecule has 1 aliphatic carbocycles. The topological polar surface area (TPSA) is 27.8 Å². The van der Waals surface area contributed by atoms with Crippen molar-refractivity contribution < 1.29 is 0 Å². The third kappa shape index (κ3) is 3.38. The maximum Gasteiger partial charge on any atom is 0.0359 e. The van der Waals surface area contributed by atoms with E-state index in [9.17, 15) is 0 Å². The maximum atomic E-state index is 3.63. The number of H-pyrrole nitrogens is 1. The van der Waals surface area contributed by atoms with Crippen LogP contribution < -0.4 is 5.32 Å². The quantitative estimate of drug-likeness (QED) is 0.783. The van der Waals surface area contributed by atoms with Crippen molar-refractivity contribution in [3.05, 3.63) is 23.5 Å². The van der Waals surface area contributed by atoms with Gasteiger partial charge in [-0.2, -0.15) is 0 Å². The molecule has 0 radical (unpaired) electrons. The highest BCUT2D eigenvalue weighted by molar-refractivity contribution is 5.13. The third-order valence-electron chi connectivity index (χ3n) is 3.37. The Bertz CT molecular complexity index is 308. The molecule has 1 aromatic rings. The Labute approximate surface area is 98.8 Å². The van der Waals surface area contributed by atoms with Gasteiger partial charge in [-0.3, -0.25) is 0 Å². The van der Waals surface area contributed by atoms with Gasteiger partial charge in [0.05, 0.1) is 0 Å². The van der Waals surface area contributed by atoms with Crippen molar-refractivity contribution >= 4 is 0 Å². The first kappa shape index (κ1) is 11.7. The Morgan fingerprint density at radius 2 is 1.94 bits per heavy atom. The van der Waals surface area contributed by atoms with Crippen LogP contribution in [0.2, 0.25) is 0 Å². The molecule has 0 saturated heterocycles. The Hall–Kier alpha value is -0.760. The monoisotopic (exact) mass is 220 g/mol. The van der Waals surface area contributed by atoms with Crippen molar-refractivity contribution in [2.24, 2.45) is 5.92 Å². The van der Waals surface area contributed by atoms with E-state index >= 15 is 0 Å². The van der Waals surface area contributed by atoms with E-state index in [0.717, 1.165) is 24.9 Å². The van der Waals surface area contributed by atoms with Crippen molar-refractivity contribution in [3.8, 4) is 0 Å². The first-order valence-electron chi connectivity index (χ1n) is 6.64. The molecule has 0 spiro atoms. The lowest BCUT2D eigenvalue weighted by Crippen LogP contribution is -2.25. The minimum absolute atomic E-state index is 0.731. The Kier molecular flexibility index (Phi) is 4.05. The second-order valence-electron chi connectivity index (χ2n) is 5.47. The molecule has 2 nitrogen and oxygen atoms in total. The fourth-order valence-corrected chi connectivity index (χ4v) is 2.54. The van der Waals surface area contributed by atoms with Crippen molar-refractivity contribution in [2.45, 2.75) is 58.5 Å². The fourth-order valence-electron chi connectivity index (χ4n) is 2.54. The average Bonchev–Trinajstić information content (AvgIpc) is 2.84. The van der Waals surface area contributed by atoms with Crippen LogP contribution in [0.15, 0.2) is 12.1 Å². The summed E-state index contributed by atoms with van der Waals surface area (Å²) >= 11 is 0. The molecule has 1 fully saturated rings. The zero-order valence-electron chi connectivity index (χ0n) is 10.6. The van der Waals surface area contributed by atoms with Crippen molar-refractivity contribution in [3.63, 3.8) is 0 Å². The van der Waals surface area contributed by atoms with Gasteiger partial charge in [0.2, 0.25) is 0 Å². The molecular formula is C14H24N2. The van der Waals surface area contributed by atoms with Crippen molar-refractivity contribution in [2.75, 3.05) is 0 Å². The lowest BCUT2D eigenvalue weighted by atomic mass is 10.1. The van der Waals surface area contributed by atoms with Crippen molar-refractivity contribution in [1.82, 2.24) is 10.3 Å². The van der Waals surface area contributed by atoms with E-state index in [1.54, 1.807) is 0 Å². The van der Waals surface area contributed by atoms with Crippen LogP contribution in [0.5, 0.6) is 0 Å². The van der Waals surface area contributed by atoms with E-state index in [0.29, 0.717) is 0 Å². The first-order valence-corrected chi connectivity index (χ1v) is 6.64. The summed E-state index contributed by atoms with van der Waals surface area (Å²) in [5, 5.41) is 3.63. The number of aromatic nitrogens is 1. The highest BCUT2D eigenvalue weighted by Crippen LogP contribution is 2.18. The highest BCUT2D eigenvalue weighted by atomic mass is 14.9. The van der Waals surface area contributed by atoms with Crippen LogP contribution >= 0.6 is 0 Å². The first-order chi connectivity index (χ1) is 7.74. The van der Waals surface area contributed by atoms with Crippen LogP contribution in [0.1, 0.15) is 50.9 Å². The summed E-state index contributed by atoms with van der Waals surface area (Å²) < 4.78 is 0. The number of rotatable bonds is 5. The van der Waals surface area contributed by atoms with E-state index in [-0.39, 0.29) is 0 Å². The fraction of sp³-hybridized carbons (Fsp3) is 0.714. The Balaban J connectivity index is 1.78. The van der Waals surface area contributed by atoms with Crippen LogP contribution in [-0.2, 0) is 13.0 Å². The van der Waals surface area contributed by atoms with E-state index in [1.165, 1.54) is 37.1 Å². The van der Waals surface area contributed by atoms with Gasteiger partial charge in [0.15, 0.2) is 0 Å².